The van der Waals surface area contributed by atoms with Crippen molar-refractivity contribution in [1.82, 2.24) is 0 Å². The summed E-state index contributed by atoms with van der Waals surface area (Å²) in [6.07, 6.45) is 19.0. The highest BCUT2D eigenvalue weighted by Gasteiger charge is 2.59. The maximum Gasteiger partial charge on any atom is 0.302 e. The van der Waals surface area contributed by atoms with Crippen molar-refractivity contribution in [2.45, 2.75) is 105 Å². The van der Waals surface area contributed by atoms with Crippen LogP contribution in [-0.2, 0) is 9.53 Å². The van der Waals surface area contributed by atoms with Crippen molar-refractivity contribution >= 4 is 5.97 Å². The van der Waals surface area contributed by atoms with E-state index < -0.39 is 0 Å². The van der Waals surface area contributed by atoms with E-state index in [1.54, 1.807) is 12.5 Å². The Hall–Kier alpha value is -1.05. The number of esters is 1. The Bertz CT molecular complexity index is 733. The molecule has 174 valence electrons. The van der Waals surface area contributed by atoms with E-state index in [1.165, 1.54) is 44.9 Å². The van der Waals surface area contributed by atoms with Crippen LogP contribution in [0.2, 0.25) is 0 Å². The third-order valence-electron chi connectivity index (χ3n) is 10.1. The number of fused-ring (bicyclic) bond motifs is 5. The highest BCUT2D eigenvalue weighted by atomic mass is 16.5. The van der Waals surface area contributed by atoms with Crippen molar-refractivity contribution < 1.29 is 9.53 Å². The zero-order chi connectivity index (χ0) is 22.4. The summed E-state index contributed by atoms with van der Waals surface area (Å²) in [5, 5.41) is 0. The van der Waals surface area contributed by atoms with Crippen LogP contribution in [0, 0.1) is 46.3 Å². The second-order valence-corrected chi connectivity index (χ2v) is 12.4. The number of rotatable bonds is 5. The predicted molar refractivity (Wildman–Crippen MR) is 129 cm³/mol. The fourth-order valence-corrected chi connectivity index (χ4v) is 8.57. The summed E-state index contributed by atoms with van der Waals surface area (Å²) in [7, 11) is 0. The number of hydrogen-bond acceptors (Lipinski definition) is 2. The van der Waals surface area contributed by atoms with Crippen LogP contribution >= 0.6 is 0 Å². The van der Waals surface area contributed by atoms with Crippen LogP contribution < -0.4 is 0 Å². The molecule has 0 radical (unpaired) electrons. The van der Waals surface area contributed by atoms with Gasteiger partial charge in [-0.1, -0.05) is 58.4 Å². The predicted octanol–water partition coefficient (Wildman–Crippen LogP) is 7.74. The molecule has 0 aromatic carbocycles. The first kappa shape index (κ1) is 23.1. The molecule has 4 rings (SSSR count). The molecular formula is C29H46O2. The maximum atomic E-state index is 11.5. The fraction of sp³-hybridized carbons (Fsp3) is 0.828. The average Bonchev–Trinajstić information content (AvgIpc) is 3.05. The van der Waals surface area contributed by atoms with Gasteiger partial charge in [-0.05, 0) is 97.7 Å². The van der Waals surface area contributed by atoms with Gasteiger partial charge in [-0.2, -0.15) is 0 Å². The molecule has 0 aromatic rings. The highest BCUT2D eigenvalue weighted by molar-refractivity contribution is 5.66. The SMILES string of the molecule is CC(=O)O[C@H]1CC[C@@]2(C)C(=CCC3C4CCC([C@@H](C)/C=C/CC(C)C)[C@@]4(C)CCC32)C1. The quantitative estimate of drug-likeness (QED) is 0.332. The lowest BCUT2D eigenvalue weighted by atomic mass is 9.47. The lowest BCUT2D eigenvalue weighted by Gasteiger charge is -2.58. The Morgan fingerprint density at radius 1 is 1.13 bits per heavy atom. The molecule has 0 aliphatic heterocycles. The normalized spacial score (nSPS) is 43.2. The Kier molecular flexibility index (Phi) is 6.50. The monoisotopic (exact) mass is 426 g/mol. The highest BCUT2D eigenvalue weighted by Crippen LogP contribution is 2.67. The van der Waals surface area contributed by atoms with Crippen LogP contribution in [0.25, 0.3) is 0 Å². The van der Waals surface area contributed by atoms with Crippen LogP contribution in [0.1, 0.15) is 99.3 Å². The van der Waals surface area contributed by atoms with Gasteiger partial charge < -0.3 is 4.74 Å². The molecule has 0 aromatic heterocycles. The number of carbonyl (C=O) groups excluding carboxylic acids is 1. The molecule has 31 heavy (non-hydrogen) atoms. The maximum absolute atomic E-state index is 11.5. The molecule has 0 spiro atoms. The first-order valence-corrected chi connectivity index (χ1v) is 13.2. The molecule has 3 saturated carbocycles. The minimum absolute atomic E-state index is 0.108. The van der Waals surface area contributed by atoms with Crippen LogP contribution in [-0.4, -0.2) is 12.1 Å². The van der Waals surface area contributed by atoms with E-state index in [4.69, 9.17) is 4.74 Å². The molecule has 2 nitrogen and oxygen atoms in total. The Morgan fingerprint density at radius 3 is 2.61 bits per heavy atom. The van der Waals surface area contributed by atoms with Crippen molar-refractivity contribution in [3.63, 3.8) is 0 Å². The summed E-state index contributed by atoms with van der Waals surface area (Å²) in [6, 6.07) is 0. The van der Waals surface area contributed by atoms with E-state index in [0.717, 1.165) is 42.4 Å². The number of allylic oxidation sites excluding steroid dienone is 3. The van der Waals surface area contributed by atoms with Gasteiger partial charge in [0.25, 0.3) is 0 Å². The van der Waals surface area contributed by atoms with E-state index in [1.807, 2.05) is 0 Å². The minimum atomic E-state index is -0.120. The molecule has 2 heteroatoms. The Morgan fingerprint density at radius 2 is 1.90 bits per heavy atom. The number of carbonyl (C=O) groups is 1. The first-order chi connectivity index (χ1) is 14.6. The number of ether oxygens (including phenoxy) is 1. The second kappa shape index (κ2) is 8.71. The van der Waals surface area contributed by atoms with Gasteiger partial charge in [-0.15, -0.1) is 0 Å². The average molecular weight is 427 g/mol. The minimum Gasteiger partial charge on any atom is -0.462 e. The van der Waals surface area contributed by atoms with Crippen molar-refractivity contribution in [3.05, 3.63) is 23.8 Å². The lowest BCUT2D eigenvalue weighted by Crippen LogP contribution is -2.51. The Labute approximate surface area is 191 Å². The van der Waals surface area contributed by atoms with Gasteiger partial charge in [-0.25, -0.2) is 0 Å². The van der Waals surface area contributed by atoms with Crippen molar-refractivity contribution in [2.75, 3.05) is 0 Å². The molecule has 8 atom stereocenters. The molecular weight excluding hydrogens is 380 g/mol. The fourth-order valence-electron chi connectivity index (χ4n) is 8.57. The summed E-state index contributed by atoms with van der Waals surface area (Å²) < 4.78 is 5.61. The Balaban J connectivity index is 1.50. The zero-order valence-corrected chi connectivity index (χ0v) is 21.0. The smallest absolute Gasteiger partial charge is 0.302 e. The molecule has 4 unspecified atom stereocenters. The first-order valence-electron chi connectivity index (χ1n) is 13.2. The molecule has 4 aliphatic rings. The van der Waals surface area contributed by atoms with Crippen LogP contribution in [0.4, 0.5) is 0 Å². The van der Waals surface area contributed by atoms with E-state index in [-0.39, 0.29) is 12.1 Å². The topological polar surface area (TPSA) is 26.3 Å². The zero-order valence-electron chi connectivity index (χ0n) is 21.0. The molecule has 0 saturated heterocycles. The van der Waals surface area contributed by atoms with Gasteiger partial charge in [-0.3, -0.25) is 4.79 Å². The van der Waals surface area contributed by atoms with Gasteiger partial charge >= 0.3 is 5.97 Å². The molecule has 0 amide bonds. The van der Waals surface area contributed by atoms with Crippen LogP contribution in [0.15, 0.2) is 23.8 Å². The summed E-state index contributed by atoms with van der Waals surface area (Å²) in [5.41, 5.74) is 2.45. The standard InChI is InChI=1S/C29H46O2/c1-19(2)8-7-9-20(3)25-12-13-26-24-11-10-22-18-23(31-21(4)30)14-16-28(22,5)27(24)15-17-29(25,26)6/h7,9-10,19-20,23-27H,8,11-18H2,1-6H3/b9-7+/t20-,23-,24?,25?,26?,27?,28-,29+/m0/s1. The summed E-state index contributed by atoms with van der Waals surface area (Å²) >= 11 is 0. The molecule has 4 aliphatic carbocycles. The van der Waals surface area contributed by atoms with Crippen molar-refractivity contribution in [3.8, 4) is 0 Å². The van der Waals surface area contributed by atoms with E-state index in [0.29, 0.717) is 16.7 Å². The van der Waals surface area contributed by atoms with Gasteiger partial charge in [0.1, 0.15) is 6.10 Å². The van der Waals surface area contributed by atoms with Crippen LogP contribution in [0.5, 0.6) is 0 Å². The lowest BCUT2D eigenvalue weighted by molar-refractivity contribution is -0.148. The summed E-state index contributed by atoms with van der Waals surface area (Å²) in [5.74, 6) is 4.76. The van der Waals surface area contributed by atoms with Gasteiger partial charge in [0, 0.05) is 13.3 Å². The van der Waals surface area contributed by atoms with Gasteiger partial charge in [0.15, 0.2) is 0 Å². The largest absolute Gasteiger partial charge is 0.462 e. The summed E-state index contributed by atoms with van der Waals surface area (Å²) in [4.78, 5) is 11.5. The van der Waals surface area contributed by atoms with E-state index in [9.17, 15) is 4.79 Å². The van der Waals surface area contributed by atoms with Crippen LogP contribution in [0.3, 0.4) is 0 Å². The molecule has 0 bridgehead atoms. The van der Waals surface area contributed by atoms with E-state index in [2.05, 4.69) is 52.8 Å². The van der Waals surface area contributed by atoms with Gasteiger partial charge in [0.05, 0.1) is 0 Å². The van der Waals surface area contributed by atoms with Crippen molar-refractivity contribution in [1.29, 1.82) is 0 Å². The van der Waals surface area contributed by atoms with Crippen molar-refractivity contribution in [2.24, 2.45) is 46.3 Å². The number of hydrogen-bond donors (Lipinski definition) is 0. The van der Waals surface area contributed by atoms with E-state index >= 15 is 0 Å². The van der Waals surface area contributed by atoms with Gasteiger partial charge in [0.2, 0.25) is 0 Å². The third-order valence-corrected chi connectivity index (χ3v) is 10.1. The summed E-state index contributed by atoms with van der Waals surface area (Å²) in [6.45, 7) is 13.9. The molecule has 3 fully saturated rings. The second-order valence-electron chi connectivity index (χ2n) is 12.4. The molecule has 0 N–H and O–H groups in total. The molecule has 0 heterocycles. The third kappa shape index (κ3) is 4.18.